The number of hydrogen-bond donors (Lipinski definition) is 1. The number of nitrogens with zero attached hydrogens (tertiary/aromatic N) is 2. The predicted octanol–water partition coefficient (Wildman–Crippen LogP) is 11.6. The van der Waals surface area contributed by atoms with E-state index in [1.54, 1.807) is 0 Å². The van der Waals surface area contributed by atoms with E-state index in [0.717, 1.165) is 117 Å². The van der Waals surface area contributed by atoms with Crippen molar-refractivity contribution in [3.05, 3.63) is 0 Å². The summed E-state index contributed by atoms with van der Waals surface area (Å²) in [6.45, 7) is 21.6. The number of carbonyl (C=O) groups is 1. The zero-order valence-corrected chi connectivity index (χ0v) is 38.6. The van der Waals surface area contributed by atoms with Gasteiger partial charge in [-0.15, -0.1) is 0 Å². The molecular weight excluding hydrogens is 721 g/mol. The number of carboxylic acid groups (broad SMARTS) is 1. The third-order valence-electron chi connectivity index (χ3n) is 10.5. The number of aliphatic carboxylic acids is 1. The minimum atomic E-state index is -0.768. The number of unbranched alkanes of at least 4 members (excludes halogenated alkanes) is 18. The Balaban J connectivity index is 4.58. The first-order valence-electron chi connectivity index (χ1n) is 24.2. The van der Waals surface area contributed by atoms with Crippen LogP contribution >= 0.6 is 0 Å². The molecule has 0 aliphatic rings. The van der Waals surface area contributed by atoms with Crippen molar-refractivity contribution in [3.63, 3.8) is 0 Å². The summed E-state index contributed by atoms with van der Waals surface area (Å²) >= 11 is 0. The maximum atomic E-state index is 11.7. The van der Waals surface area contributed by atoms with Crippen LogP contribution in [-0.2, 0) is 33.2 Å². The molecule has 0 aliphatic carbocycles. The smallest absolute Gasteiger partial charge is 0.317 e. The number of carboxylic acids is 1. The SMILES string of the molecule is CCCCCCCCOC(C)OCCCCN(CCCCOC(C)OCCCCCCCC)CCCN(CCCCOC(C)OCCCCCCCC)CC(=O)O. The summed E-state index contributed by atoms with van der Waals surface area (Å²) < 4.78 is 35.4. The highest BCUT2D eigenvalue weighted by Gasteiger charge is 2.13. The second-order valence-electron chi connectivity index (χ2n) is 16.2. The Morgan fingerprint density at radius 3 is 0.930 bits per heavy atom. The molecule has 0 bridgehead atoms. The van der Waals surface area contributed by atoms with E-state index in [1.165, 1.54) is 96.3 Å². The zero-order chi connectivity index (χ0) is 41.9. The molecule has 10 nitrogen and oxygen atoms in total. The lowest BCUT2D eigenvalue weighted by atomic mass is 10.1. The minimum absolute atomic E-state index is 0.0749. The van der Waals surface area contributed by atoms with E-state index in [2.05, 4.69) is 30.6 Å². The average molecular weight is 817 g/mol. The highest BCUT2D eigenvalue weighted by Crippen LogP contribution is 2.10. The van der Waals surface area contributed by atoms with E-state index in [0.29, 0.717) is 19.8 Å². The molecule has 0 spiro atoms. The molecule has 0 aromatic rings. The van der Waals surface area contributed by atoms with E-state index < -0.39 is 5.97 Å². The van der Waals surface area contributed by atoms with Crippen LogP contribution in [0, 0.1) is 0 Å². The first kappa shape index (κ1) is 56.1. The fourth-order valence-electron chi connectivity index (χ4n) is 6.91. The third kappa shape index (κ3) is 43.1. The predicted molar refractivity (Wildman–Crippen MR) is 237 cm³/mol. The summed E-state index contributed by atoms with van der Waals surface area (Å²) in [5.74, 6) is -0.768. The molecule has 0 saturated carbocycles. The van der Waals surface area contributed by atoms with Gasteiger partial charge in [0, 0.05) is 39.6 Å². The largest absolute Gasteiger partial charge is 0.480 e. The maximum Gasteiger partial charge on any atom is 0.317 e. The molecule has 342 valence electrons. The molecule has 0 saturated heterocycles. The van der Waals surface area contributed by atoms with Crippen molar-refractivity contribution in [2.45, 2.75) is 221 Å². The van der Waals surface area contributed by atoms with Gasteiger partial charge in [0.25, 0.3) is 0 Å². The summed E-state index contributed by atoms with van der Waals surface area (Å²) in [4.78, 5) is 16.3. The number of ether oxygens (including phenoxy) is 6. The van der Waals surface area contributed by atoms with Crippen molar-refractivity contribution >= 4 is 5.97 Å². The number of hydrogen-bond acceptors (Lipinski definition) is 9. The van der Waals surface area contributed by atoms with Gasteiger partial charge in [0.05, 0.1) is 6.54 Å². The van der Waals surface area contributed by atoms with Crippen molar-refractivity contribution in [1.82, 2.24) is 9.80 Å². The Kier molecular flexibility index (Phi) is 44.0. The maximum absolute atomic E-state index is 11.7. The molecule has 0 fully saturated rings. The van der Waals surface area contributed by atoms with Gasteiger partial charge >= 0.3 is 5.97 Å². The first-order valence-corrected chi connectivity index (χ1v) is 24.2. The van der Waals surface area contributed by atoms with Gasteiger partial charge in [-0.3, -0.25) is 9.69 Å². The molecule has 1 N–H and O–H groups in total. The molecule has 10 heteroatoms. The molecule has 3 atom stereocenters. The van der Waals surface area contributed by atoms with Gasteiger partial charge in [-0.2, -0.15) is 0 Å². The van der Waals surface area contributed by atoms with Gasteiger partial charge < -0.3 is 38.4 Å². The van der Waals surface area contributed by atoms with E-state index in [-0.39, 0.29) is 25.4 Å². The van der Waals surface area contributed by atoms with E-state index in [4.69, 9.17) is 28.4 Å². The van der Waals surface area contributed by atoms with Crippen LogP contribution < -0.4 is 0 Å². The average Bonchev–Trinajstić information content (AvgIpc) is 3.18. The Morgan fingerprint density at radius 2 is 0.614 bits per heavy atom. The number of rotatable bonds is 48. The molecule has 0 aromatic heterocycles. The minimum Gasteiger partial charge on any atom is -0.480 e. The summed E-state index contributed by atoms with van der Waals surface area (Å²) in [7, 11) is 0. The first-order chi connectivity index (χ1) is 27.8. The van der Waals surface area contributed by atoms with Crippen LogP contribution in [0.4, 0.5) is 0 Å². The van der Waals surface area contributed by atoms with Crippen LogP contribution in [-0.4, -0.2) is 119 Å². The lowest BCUT2D eigenvalue weighted by Gasteiger charge is -2.25. The van der Waals surface area contributed by atoms with Gasteiger partial charge in [-0.25, -0.2) is 0 Å². The summed E-state index contributed by atoms with van der Waals surface area (Å²) in [5, 5.41) is 9.61. The van der Waals surface area contributed by atoms with Gasteiger partial charge in [-0.1, -0.05) is 117 Å². The summed E-state index contributed by atoms with van der Waals surface area (Å²) in [6, 6.07) is 0. The van der Waals surface area contributed by atoms with Crippen molar-refractivity contribution in [3.8, 4) is 0 Å². The van der Waals surface area contributed by atoms with E-state index >= 15 is 0 Å². The molecule has 57 heavy (non-hydrogen) atoms. The van der Waals surface area contributed by atoms with Crippen LogP contribution in [0.5, 0.6) is 0 Å². The summed E-state index contributed by atoms with van der Waals surface area (Å²) in [5.41, 5.74) is 0. The molecule has 0 amide bonds. The lowest BCUT2D eigenvalue weighted by molar-refractivity contribution is -0.138. The van der Waals surface area contributed by atoms with Crippen LogP contribution in [0.1, 0.15) is 202 Å². The van der Waals surface area contributed by atoms with Crippen molar-refractivity contribution < 1.29 is 38.3 Å². The molecular formula is C47H96N2O8. The lowest BCUT2D eigenvalue weighted by Crippen LogP contribution is -2.35. The van der Waals surface area contributed by atoms with Gasteiger partial charge in [-0.05, 0) is 118 Å². The van der Waals surface area contributed by atoms with Gasteiger partial charge in [0.15, 0.2) is 18.9 Å². The monoisotopic (exact) mass is 817 g/mol. The topological polar surface area (TPSA) is 99.2 Å². The van der Waals surface area contributed by atoms with Gasteiger partial charge in [0.2, 0.25) is 0 Å². The Labute approximate surface area is 353 Å². The molecule has 0 aromatic carbocycles. The molecule has 3 unspecified atom stereocenters. The quantitative estimate of drug-likeness (QED) is 0.0472. The van der Waals surface area contributed by atoms with Crippen molar-refractivity contribution in [2.75, 3.05) is 78.9 Å². The fourth-order valence-corrected chi connectivity index (χ4v) is 6.91. The van der Waals surface area contributed by atoms with E-state index in [1.807, 2.05) is 20.8 Å². The second-order valence-corrected chi connectivity index (χ2v) is 16.2. The highest BCUT2D eigenvalue weighted by atomic mass is 16.7. The molecule has 0 rings (SSSR count). The van der Waals surface area contributed by atoms with Crippen molar-refractivity contribution in [2.24, 2.45) is 0 Å². The van der Waals surface area contributed by atoms with Crippen LogP contribution in [0.25, 0.3) is 0 Å². The van der Waals surface area contributed by atoms with Crippen molar-refractivity contribution in [1.29, 1.82) is 0 Å². The van der Waals surface area contributed by atoms with Crippen LogP contribution in [0.2, 0.25) is 0 Å². The van der Waals surface area contributed by atoms with Gasteiger partial charge in [0.1, 0.15) is 0 Å². The summed E-state index contributed by atoms with van der Waals surface area (Å²) in [6.07, 6.45) is 29.0. The molecule has 0 aliphatic heterocycles. The van der Waals surface area contributed by atoms with Crippen LogP contribution in [0.3, 0.4) is 0 Å². The Bertz CT molecular complexity index is 775. The second kappa shape index (κ2) is 44.7. The highest BCUT2D eigenvalue weighted by molar-refractivity contribution is 5.69. The molecule has 0 heterocycles. The Hall–Kier alpha value is -0.850. The standard InChI is InChI=1S/C47H96N2O8/c1-7-10-13-16-19-25-37-52-44(4)55-40-28-22-32-48(33-23-29-41-56-45(5)53-38-26-20-17-14-11-8-2)35-31-36-49(43-47(50)51)34-24-30-42-57-46(6)54-39-27-21-18-15-12-9-3/h44-46H,7-43H2,1-6H3,(H,50,51). The normalized spacial score (nSPS) is 13.5. The third-order valence-corrected chi connectivity index (χ3v) is 10.5. The Morgan fingerprint density at radius 1 is 0.368 bits per heavy atom. The fraction of sp³-hybridized carbons (Fsp3) is 0.979. The molecule has 0 radical (unpaired) electrons. The van der Waals surface area contributed by atoms with Crippen LogP contribution in [0.15, 0.2) is 0 Å². The van der Waals surface area contributed by atoms with E-state index in [9.17, 15) is 9.90 Å². The zero-order valence-electron chi connectivity index (χ0n) is 38.6.